The third-order valence-electron chi connectivity index (χ3n) is 3.96. The zero-order valence-electron chi connectivity index (χ0n) is 12.4. The van der Waals surface area contributed by atoms with E-state index >= 15 is 0 Å². The van der Waals surface area contributed by atoms with Crippen molar-refractivity contribution in [1.82, 2.24) is 9.29 Å². The first-order valence-electron chi connectivity index (χ1n) is 7.16. The summed E-state index contributed by atoms with van der Waals surface area (Å²) in [4.78, 5) is 4.43. The van der Waals surface area contributed by atoms with E-state index in [1.54, 1.807) is 12.1 Å². The predicted molar refractivity (Wildman–Crippen MR) is 85.2 cm³/mol. The van der Waals surface area contributed by atoms with Crippen molar-refractivity contribution in [3.8, 4) is 0 Å². The zero-order valence-corrected chi connectivity index (χ0v) is 14.0. The van der Waals surface area contributed by atoms with E-state index in [0.717, 1.165) is 12.8 Å². The molecule has 0 saturated heterocycles. The highest BCUT2D eigenvalue weighted by molar-refractivity contribution is 7.89. The molecule has 1 N–H and O–H groups in total. The number of aromatic nitrogens is 1. The Kier molecular flexibility index (Phi) is 5.46. The van der Waals surface area contributed by atoms with Gasteiger partial charge in [0.1, 0.15) is 10.7 Å². The lowest BCUT2D eigenvalue weighted by molar-refractivity contribution is 0.352. The molecule has 118 valence electrons. The Bertz CT molecular complexity index is 560. The van der Waals surface area contributed by atoms with E-state index < -0.39 is 10.0 Å². The third-order valence-corrected chi connectivity index (χ3v) is 6.15. The Morgan fingerprint density at radius 1 is 1.33 bits per heavy atom. The molecule has 0 radical (unpaired) electrons. The number of rotatable bonds is 5. The molecular formula is C14H22ClN3O2S. The summed E-state index contributed by atoms with van der Waals surface area (Å²) in [5.74, 6) is 1.80. The van der Waals surface area contributed by atoms with Crippen LogP contribution in [0.25, 0.3) is 0 Å². The summed E-state index contributed by atoms with van der Waals surface area (Å²) in [6, 6.07) is 3.62. The second kappa shape index (κ2) is 6.94. The van der Waals surface area contributed by atoms with Crippen LogP contribution in [0.4, 0.5) is 5.82 Å². The number of hydrogen-bond acceptors (Lipinski definition) is 4. The molecule has 0 spiro atoms. The lowest BCUT2D eigenvalue weighted by atomic mass is 9.86. The minimum atomic E-state index is -3.42. The number of nitrogens with zero attached hydrogens (tertiary/aromatic N) is 2. The van der Waals surface area contributed by atoms with Crippen molar-refractivity contribution in [1.29, 1.82) is 0 Å². The molecule has 1 aromatic rings. The molecular weight excluding hydrogens is 310 g/mol. The van der Waals surface area contributed by atoms with Crippen LogP contribution < -0.4 is 5.32 Å². The standard InChI is InChI=1S/C14H22ClN3O2S/c1-18(2)21(19,20)12-7-8-14(16-10-12)17-13-6-4-3-5-11(13)9-15/h7-8,10-11,13H,3-6,9H2,1-2H3,(H,16,17). The largest absolute Gasteiger partial charge is 0.367 e. The first-order valence-corrected chi connectivity index (χ1v) is 9.13. The van der Waals surface area contributed by atoms with E-state index in [2.05, 4.69) is 10.3 Å². The number of anilines is 1. The normalized spacial score (nSPS) is 23.2. The van der Waals surface area contributed by atoms with Gasteiger partial charge in [0.25, 0.3) is 0 Å². The van der Waals surface area contributed by atoms with Crippen LogP contribution in [0.2, 0.25) is 0 Å². The first-order chi connectivity index (χ1) is 9.95. The molecule has 2 atom stereocenters. The molecule has 2 rings (SSSR count). The van der Waals surface area contributed by atoms with Crippen LogP contribution in [0.5, 0.6) is 0 Å². The Hall–Kier alpha value is -0.850. The van der Waals surface area contributed by atoms with Gasteiger partial charge in [0.2, 0.25) is 10.0 Å². The fraction of sp³-hybridized carbons (Fsp3) is 0.643. The van der Waals surface area contributed by atoms with Gasteiger partial charge in [-0.3, -0.25) is 0 Å². The highest BCUT2D eigenvalue weighted by Gasteiger charge is 2.24. The smallest absolute Gasteiger partial charge is 0.244 e. The van der Waals surface area contributed by atoms with Gasteiger partial charge in [-0.15, -0.1) is 11.6 Å². The maximum Gasteiger partial charge on any atom is 0.244 e. The lowest BCUT2D eigenvalue weighted by Gasteiger charge is -2.31. The zero-order chi connectivity index (χ0) is 15.5. The number of alkyl halides is 1. The van der Waals surface area contributed by atoms with Crippen molar-refractivity contribution >= 4 is 27.4 Å². The van der Waals surface area contributed by atoms with Crippen LogP contribution in [0.3, 0.4) is 0 Å². The van der Waals surface area contributed by atoms with Crippen molar-refractivity contribution in [2.24, 2.45) is 5.92 Å². The fourth-order valence-electron chi connectivity index (χ4n) is 2.60. The second-order valence-corrected chi connectivity index (χ2v) is 8.08. The number of pyridine rings is 1. The molecule has 5 nitrogen and oxygen atoms in total. The average molecular weight is 332 g/mol. The molecule has 0 aromatic carbocycles. The van der Waals surface area contributed by atoms with E-state index in [4.69, 9.17) is 11.6 Å². The van der Waals surface area contributed by atoms with Crippen molar-refractivity contribution in [3.63, 3.8) is 0 Å². The van der Waals surface area contributed by atoms with Gasteiger partial charge >= 0.3 is 0 Å². The quantitative estimate of drug-likeness (QED) is 0.842. The number of halogens is 1. The molecule has 1 aliphatic rings. The highest BCUT2D eigenvalue weighted by Crippen LogP contribution is 2.28. The molecule has 1 aliphatic carbocycles. The summed E-state index contributed by atoms with van der Waals surface area (Å²) in [6.45, 7) is 0. The molecule has 1 heterocycles. The Labute approximate surface area is 131 Å². The molecule has 0 bridgehead atoms. The van der Waals surface area contributed by atoms with Crippen molar-refractivity contribution in [2.75, 3.05) is 25.3 Å². The molecule has 7 heteroatoms. The van der Waals surface area contributed by atoms with Crippen LogP contribution in [-0.2, 0) is 10.0 Å². The fourth-order valence-corrected chi connectivity index (χ4v) is 3.82. The topological polar surface area (TPSA) is 62.3 Å². The van der Waals surface area contributed by atoms with Crippen molar-refractivity contribution in [3.05, 3.63) is 18.3 Å². The van der Waals surface area contributed by atoms with Gasteiger partial charge in [0.15, 0.2) is 0 Å². The number of hydrogen-bond donors (Lipinski definition) is 1. The Morgan fingerprint density at radius 2 is 2.05 bits per heavy atom. The number of nitrogens with one attached hydrogen (secondary N) is 1. The van der Waals surface area contributed by atoms with Gasteiger partial charge in [-0.05, 0) is 30.9 Å². The van der Waals surface area contributed by atoms with E-state index in [1.165, 1.54) is 37.4 Å². The first kappa shape index (κ1) is 16.5. The summed E-state index contributed by atoms with van der Waals surface area (Å²) in [5.41, 5.74) is 0. The summed E-state index contributed by atoms with van der Waals surface area (Å²) >= 11 is 6.02. The third kappa shape index (κ3) is 3.87. The van der Waals surface area contributed by atoms with Crippen molar-refractivity contribution < 1.29 is 8.42 Å². The molecule has 21 heavy (non-hydrogen) atoms. The highest BCUT2D eigenvalue weighted by atomic mass is 35.5. The molecule has 1 aromatic heterocycles. The molecule has 0 amide bonds. The molecule has 1 fully saturated rings. The monoisotopic (exact) mass is 331 g/mol. The summed E-state index contributed by atoms with van der Waals surface area (Å²) < 4.78 is 25.1. The molecule has 0 aliphatic heterocycles. The molecule has 1 saturated carbocycles. The minimum absolute atomic E-state index is 0.204. The van der Waals surface area contributed by atoms with E-state index in [9.17, 15) is 8.42 Å². The van der Waals surface area contributed by atoms with Crippen LogP contribution in [0.15, 0.2) is 23.2 Å². The van der Waals surface area contributed by atoms with E-state index in [0.29, 0.717) is 23.7 Å². The summed E-state index contributed by atoms with van der Waals surface area (Å²) in [7, 11) is -0.403. The SMILES string of the molecule is CN(C)S(=O)(=O)c1ccc(NC2CCCCC2CCl)nc1. The Balaban J connectivity index is 2.09. The van der Waals surface area contributed by atoms with Crippen LogP contribution >= 0.6 is 11.6 Å². The predicted octanol–water partition coefficient (Wildman–Crippen LogP) is 2.54. The average Bonchev–Trinajstić information content (AvgIpc) is 2.48. The van der Waals surface area contributed by atoms with Crippen LogP contribution in [0, 0.1) is 5.92 Å². The van der Waals surface area contributed by atoms with Crippen LogP contribution in [0.1, 0.15) is 25.7 Å². The number of sulfonamides is 1. The maximum absolute atomic E-state index is 12.0. The minimum Gasteiger partial charge on any atom is -0.367 e. The molecule has 2 unspecified atom stereocenters. The summed E-state index contributed by atoms with van der Waals surface area (Å²) in [5, 5.41) is 3.39. The Morgan fingerprint density at radius 3 is 2.62 bits per heavy atom. The lowest BCUT2D eigenvalue weighted by Crippen LogP contribution is -2.33. The van der Waals surface area contributed by atoms with Crippen LogP contribution in [-0.4, -0.2) is 43.7 Å². The van der Waals surface area contributed by atoms with Gasteiger partial charge in [0, 0.05) is 32.2 Å². The van der Waals surface area contributed by atoms with E-state index in [1.807, 2.05) is 0 Å². The second-order valence-electron chi connectivity index (χ2n) is 5.62. The van der Waals surface area contributed by atoms with Gasteiger partial charge in [-0.2, -0.15) is 0 Å². The van der Waals surface area contributed by atoms with Gasteiger partial charge in [-0.25, -0.2) is 17.7 Å². The van der Waals surface area contributed by atoms with Gasteiger partial charge < -0.3 is 5.32 Å². The van der Waals surface area contributed by atoms with Gasteiger partial charge in [0.05, 0.1) is 0 Å². The maximum atomic E-state index is 12.0. The van der Waals surface area contributed by atoms with Crippen molar-refractivity contribution in [2.45, 2.75) is 36.6 Å². The summed E-state index contributed by atoms with van der Waals surface area (Å²) in [6.07, 6.45) is 6.03. The van der Waals surface area contributed by atoms with Gasteiger partial charge in [-0.1, -0.05) is 12.8 Å². The van der Waals surface area contributed by atoms with E-state index in [-0.39, 0.29) is 4.90 Å².